The SMILES string of the molecule is C[C@@](O)(CO)C[C@@]1(C)SCCCS1=O. The van der Waals surface area contributed by atoms with Crippen LogP contribution in [-0.4, -0.2) is 42.2 Å². The van der Waals surface area contributed by atoms with Crippen LogP contribution in [0.3, 0.4) is 0 Å². The lowest BCUT2D eigenvalue weighted by atomic mass is 10.0. The highest BCUT2D eigenvalue weighted by Gasteiger charge is 2.40. The van der Waals surface area contributed by atoms with Gasteiger partial charge in [0.15, 0.2) is 0 Å². The first kappa shape index (κ1) is 12.5. The molecule has 2 N–H and O–H groups in total. The average Bonchev–Trinajstić information content (AvgIpc) is 2.10. The smallest absolute Gasteiger partial charge is 0.0908 e. The molecule has 1 aliphatic rings. The third kappa shape index (κ3) is 2.95. The van der Waals surface area contributed by atoms with Crippen LogP contribution in [0, 0.1) is 0 Å². The van der Waals surface area contributed by atoms with Crippen molar-refractivity contribution in [3.05, 3.63) is 0 Å². The predicted molar refractivity (Wildman–Crippen MR) is 60.8 cm³/mol. The second-order valence-corrected chi connectivity index (χ2v) is 8.07. The first-order valence-electron chi connectivity index (χ1n) is 4.75. The van der Waals surface area contributed by atoms with Gasteiger partial charge in [-0.3, -0.25) is 4.21 Å². The fraction of sp³-hybridized carbons (Fsp3) is 1.00. The van der Waals surface area contributed by atoms with Crippen LogP contribution >= 0.6 is 11.8 Å². The van der Waals surface area contributed by atoms with Gasteiger partial charge in [0.1, 0.15) is 0 Å². The molecule has 0 saturated carbocycles. The highest BCUT2D eigenvalue weighted by molar-refractivity contribution is 8.13. The molecule has 0 amide bonds. The molecule has 0 radical (unpaired) electrons. The van der Waals surface area contributed by atoms with Crippen molar-refractivity contribution in [2.75, 3.05) is 18.1 Å². The molecule has 1 fully saturated rings. The molecule has 1 aliphatic heterocycles. The first-order valence-corrected chi connectivity index (χ1v) is 7.06. The number of aliphatic hydroxyl groups excluding tert-OH is 1. The zero-order chi connectivity index (χ0) is 10.8. The number of hydrogen-bond acceptors (Lipinski definition) is 4. The van der Waals surface area contributed by atoms with E-state index in [1.54, 1.807) is 18.7 Å². The molecule has 1 unspecified atom stereocenters. The minimum absolute atomic E-state index is 0.277. The largest absolute Gasteiger partial charge is 0.393 e. The Balaban J connectivity index is 2.68. The minimum Gasteiger partial charge on any atom is -0.393 e. The maximum atomic E-state index is 11.8. The lowest BCUT2D eigenvalue weighted by Gasteiger charge is -2.37. The summed E-state index contributed by atoms with van der Waals surface area (Å²) in [5, 5.41) is 18.7. The molecule has 1 heterocycles. The summed E-state index contributed by atoms with van der Waals surface area (Å²) in [6.07, 6.45) is 1.36. The molecule has 0 bridgehead atoms. The van der Waals surface area contributed by atoms with E-state index in [9.17, 15) is 9.32 Å². The van der Waals surface area contributed by atoms with E-state index in [-0.39, 0.29) is 6.61 Å². The summed E-state index contributed by atoms with van der Waals surface area (Å²) >= 11 is 1.64. The van der Waals surface area contributed by atoms with Crippen molar-refractivity contribution < 1.29 is 14.4 Å². The van der Waals surface area contributed by atoms with Gasteiger partial charge in [-0.2, -0.15) is 0 Å². The molecule has 0 aromatic carbocycles. The topological polar surface area (TPSA) is 57.5 Å². The molecule has 0 aliphatic carbocycles. The molecule has 0 aromatic heterocycles. The van der Waals surface area contributed by atoms with Gasteiger partial charge in [-0.15, -0.1) is 11.8 Å². The molecule has 14 heavy (non-hydrogen) atoms. The van der Waals surface area contributed by atoms with Gasteiger partial charge in [-0.25, -0.2) is 0 Å². The van der Waals surface area contributed by atoms with Gasteiger partial charge >= 0.3 is 0 Å². The van der Waals surface area contributed by atoms with Gasteiger partial charge in [0.2, 0.25) is 0 Å². The highest BCUT2D eigenvalue weighted by atomic mass is 32.2. The van der Waals surface area contributed by atoms with Crippen molar-refractivity contribution in [3.8, 4) is 0 Å². The van der Waals surface area contributed by atoms with Gasteiger partial charge in [0.25, 0.3) is 0 Å². The molecule has 3 atom stereocenters. The van der Waals surface area contributed by atoms with E-state index in [0.29, 0.717) is 12.2 Å². The second-order valence-electron chi connectivity index (χ2n) is 4.22. The van der Waals surface area contributed by atoms with Crippen LogP contribution in [0.2, 0.25) is 0 Å². The maximum Gasteiger partial charge on any atom is 0.0908 e. The van der Waals surface area contributed by atoms with Gasteiger partial charge < -0.3 is 10.2 Å². The van der Waals surface area contributed by atoms with Gasteiger partial charge in [-0.1, -0.05) is 0 Å². The zero-order valence-corrected chi connectivity index (χ0v) is 10.3. The second kappa shape index (κ2) is 4.51. The number of aliphatic hydroxyl groups is 2. The predicted octanol–water partition coefficient (Wildman–Crippen LogP) is 0.722. The Labute approximate surface area is 91.7 Å². The fourth-order valence-corrected chi connectivity index (χ4v) is 5.29. The van der Waals surface area contributed by atoms with Crippen LogP contribution in [-0.2, 0) is 10.8 Å². The van der Waals surface area contributed by atoms with Crippen LogP contribution in [0.5, 0.6) is 0 Å². The molecule has 0 spiro atoms. The highest BCUT2D eigenvalue weighted by Crippen LogP contribution is 2.40. The van der Waals surface area contributed by atoms with Gasteiger partial charge in [0, 0.05) is 23.0 Å². The Morgan fingerprint density at radius 3 is 2.79 bits per heavy atom. The van der Waals surface area contributed by atoms with E-state index in [1.165, 1.54) is 0 Å². The van der Waals surface area contributed by atoms with Crippen LogP contribution in [0.25, 0.3) is 0 Å². The van der Waals surface area contributed by atoms with E-state index >= 15 is 0 Å². The molecule has 1 saturated heterocycles. The third-order valence-corrected chi connectivity index (χ3v) is 6.33. The van der Waals surface area contributed by atoms with Crippen LogP contribution in [0.15, 0.2) is 0 Å². The summed E-state index contributed by atoms with van der Waals surface area (Å²) in [5.41, 5.74) is -1.12. The summed E-state index contributed by atoms with van der Waals surface area (Å²) in [6.45, 7) is 3.22. The van der Waals surface area contributed by atoms with Gasteiger partial charge in [0.05, 0.1) is 16.3 Å². The quantitative estimate of drug-likeness (QED) is 0.761. The summed E-state index contributed by atoms with van der Waals surface area (Å²) in [5.74, 6) is 1.70. The molecular weight excluding hydrogens is 220 g/mol. The normalized spacial score (nSPS) is 37.9. The lowest BCUT2D eigenvalue weighted by molar-refractivity contribution is -0.00656. The van der Waals surface area contributed by atoms with Crippen molar-refractivity contribution in [2.24, 2.45) is 0 Å². The van der Waals surface area contributed by atoms with E-state index in [1.807, 2.05) is 6.92 Å². The molecule has 84 valence electrons. The van der Waals surface area contributed by atoms with Crippen molar-refractivity contribution >= 4 is 22.6 Å². The van der Waals surface area contributed by atoms with Crippen molar-refractivity contribution in [1.82, 2.24) is 0 Å². The molecule has 3 nitrogen and oxygen atoms in total. The average molecular weight is 238 g/mol. The Morgan fingerprint density at radius 2 is 2.29 bits per heavy atom. The minimum atomic E-state index is -1.12. The van der Waals surface area contributed by atoms with Crippen LogP contribution in [0.4, 0.5) is 0 Å². The maximum absolute atomic E-state index is 11.8. The molecule has 1 rings (SSSR count). The fourth-order valence-electron chi connectivity index (χ4n) is 1.64. The number of rotatable bonds is 3. The molecule has 0 aromatic rings. The Hall–Kier alpha value is 0.420. The zero-order valence-electron chi connectivity index (χ0n) is 8.65. The standard InChI is InChI=1S/C9H18O3S2/c1-8(11,7-10)6-9(2)13-4-3-5-14(9)12/h10-11H,3-7H2,1-2H3/t8-,9-,14?/m0/s1. The first-order chi connectivity index (χ1) is 6.40. The van der Waals surface area contributed by atoms with Gasteiger partial charge in [-0.05, 0) is 26.0 Å². The lowest BCUT2D eigenvalue weighted by Crippen LogP contribution is -2.43. The van der Waals surface area contributed by atoms with Crippen LogP contribution in [0.1, 0.15) is 26.7 Å². The van der Waals surface area contributed by atoms with Crippen molar-refractivity contribution in [3.63, 3.8) is 0 Å². The summed E-state index contributed by atoms with van der Waals surface area (Å²) in [6, 6.07) is 0. The number of hydrogen-bond donors (Lipinski definition) is 2. The van der Waals surface area contributed by atoms with Crippen LogP contribution < -0.4 is 0 Å². The van der Waals surface area contributed by atoms with E-state index < -0.39 is 20.5 Å². The Bertz CT molecular complexity index is 230. The Kier molecular flexibility index (Phi) is 4.03. The molecule has 5 heteroatoms. The summed E-state index contributed by atoms with van der Waals surface area (Å²) in [4.78, 5) is 0. The Morgan fingerprint density at radius 1 is 1.64 bits per heavy atom. The third-order valence-electron chi connectivity index (χ3n) is 2.41. The summed E-state index contributed by atoms with van der Waals surface area (Å²) in [7, 11) is -0.900. The van der Waals surface area contributed by atoms with E-state index in [0.717, 1.165) is 12.2 Å². The van der Waals surface area contributed by atoms with Crippen molar-refractivity contribution in [2.45, 2.75) is 36.4 Å². The monoisotopic (exact) mass is 238 g/mol. The number of thioether (sulfide) groups is 1. The van der Waals surface area contributed by atoms with E-state index in [2.05, 4.69) is 0 Å². The molecular formula is C9H18O3S2. The van der Waals surface area contributed by atoms with Crippen molar-refractivity contribution in [1.29, 1.82) is 0 Å². The van der Waals surface area contributed by atoms with E-state index in [4.69, 9.17) is 5.11 Å². The summed E-state index contributed by atoms with van der Waals surface area (Å²) < 4.78 is 11.4.